The second kappa shape index (κ2) is 7.30. The van der Waals surface area contributed by atoms with Crippen LogP contribution in [0, 0.1) is 0 Å². The Balaban J connectivity index is 1.51. The number of hydrogen-bond acceptors (Lipinski definition) is 6. The van der Waals surface area contributed by atoms with Crippen LogP contribution >= 0.6 is 0 Å². The molecule has 2 aromatic heterocycles. The summed E-state index contributed by atoms with van der Waals surface area (Å²) in [4.78, 5) is 34.3. The number of aromatic amines is 2. The molecular weight excluding hydrogens is 382 g/mol. The van der Waals surface area contributed by atoms with Crippen molar-refractivity contribution in [1.29, 1.82) is 0 Å². The molecule has 2 N–H and O–H groups in total. The Kier molecular flexibility index (Phi) is 4.84. The zero-order valence-corrected chi connectivity index (χ0v) is 15.8. The van der Waals surface area contributed by atoms with Crippen molar-refractivity contribution >= 4 is 21.1 Å². The Morgan fingerprint density at radius 1 is 0.929 bits per heavy atom. The lowest BCUT2D eigenvalue weighted by Crippen LogP contribution is -2.48. The molecule has 0 atom stereocenters. The topological polar surface area (TPSA) is 119 Å². The average Bonchev–Trinajstić information content (AvgIpc) is 2.70. The number of nitrogens with one attached hydrogen (secondary N) is 2. The Morgan fingerprint density at radius 2 is 1.64 bits per heavy atom. The molecule has 0 bridgehead atoms. The molecule has 1 aliphatic heterocycles. The highest BCUT2D eigenvalue weighted by atomic mass is 32.2. The lowest BCUT2D eigenvalue weighted by Gasteiger charge is -2.33. The second-order valence-corrected chi connectivity index (χ2v) is 8.55. The van der Waals surface area contributed by atoms with E-state index in [9.17, 15) is 18.0 Å². The summed E-state index contributed by atoms with van der Waals surface area (Å²) < 4.78 is 27.4. The van der Waals surface area contributed by atoms with Crippen LogP contribution < -0.4 is 11.1 Å². The highest BCUT2D eigenvalue weighted by Gasteiger charge is 2.28. The molecule has 0 radical (unpaired) electrons. The second-order valence-electron chi connectivity index (χ2n) is 6.62. The largest absolute Gasteiger partial charge is 0.316 e. The fraction of sp³-hybridized carbons (Fsp3) is 0.278. The van der Waals surface area contributed by atoms with E-state index in [4.69, 9.17) is 0 Å². The standard InChI is InChI=1S/C18H19N5O4S/c24-17-18(25)21-16-11-14(4-5-15(16)20-17)28(26,27)23-9-7-22(8-10-23)12-13-3-1-2-6-19-13/h1-6,11H,7-10,12H2,(H,20,24)(H,21,25). The third-order valence-corrected chi connectivity index (χ3v) is 6.67. The monoisotopic (exact) mass is 401 g/mol. The lowest BCUT2D eigenvalue weighted by molar-refractivity contribution is 0.180. The number of piperazine rings is 1. The molecule has 0 spiro atoms. The molecule has 3 heterocycles. The Hall–Kier alpha value is -2.82. The fourth-order valence-electron chi connectivity index (χ4n) is 3.25. The molecule has 1 saturated heterocycles. The molecule has 0 amide bonds. The molecular formula is C18H19N5O4S. The van der Waals surface area contributed by atoms with Gasteiger partial charge in [0.1, 0.15) is 0 Å². The first kappa shape index (κ1) is 18.5. The average molecular weight is 401 g/mol. The highest BCUT2D eigenvalue weighted by molar-refractivity contribution is 7.89. The number of H-pyrrole nitrogens is 2. The normalized spacial score (nSPS) is 16.4. The molecule has 0 aliphatic carbocycles. The van der Waals surface area contributed by atoms with Crippen molar-refractivity contribution < 1.29 is 8.42 Å². The van der Waals surface area contributed by atoms with Crippen molar-refractivity contribution in [2.24, 2.45) is 0 Å². The van der Waals surface area contributed by atoms with E-state index >= 15 is 0 Å². The van der Waals surface area contributed by atoms with E-state index in [0.717, 1.165) is 5.69 Å². The minimum atomic E-state index is -3.70. The van der Waals surface area contributed by atoms with Crippen molar-refractivity contribution in [3.63, 3.8) is 0 Å². The summed E-state index contributed by atoms with van der Waals surface area (Å²) in [5.74, 6) is 0. The van der Waals surface area contributed by atoms with Crippen molar-refractivity contribution in [3.8, 4) is 0 Å². The lowest BCUT2D eigenvalue weighted by atomic mass is 10.3. The summed E-state index contributed by atoms with van der Waals surface area (Å²) in [5.41, 5.74) is 0.0202. The Labute approximate surface area is 160 Å². The number of sulfonamides is 1. The number of fused-ring (bicyclic) bond motifs is 1. The maximum atomic E-state index is 13.0. The predicted molar refractivity (Wildman–Crippen MR) is 103 cm³/mol. The first-order valence-corrected chi connectivity index (χ1v) is 10.3. The van der Waals surface area contributed by atoms with Crippen LogP contribution in [0.1, 0.15) is 5.69 Å². The summed E-state index contributed by atoms with van der Waals surface area (Å²) in [6.45, 7) is 2.63. The van der Waals surface area contributed by atoms with Gasteiger partial charge in [-0.05, 0) is 30.3 Å². The van der Waals surface area contributed by atoms with Crippen molar-refractivity contribution in [3.05, 3.63) is 69.0 Å². The molecule has 1 fully saturated rings. The minimum absolute atomic E-state index is 0.0841. The van der Waals surface area contributed by atoms with Crippen LogP contribution in [-0.2, 0) is 16.6 Å². The van der Waals surface area contributed by atoms with Gasteiger partial charge in [-0.3, -0.25) is 19.5 Å². The molecule has 146 valence electrons. The van der Waals surface area contributed by atoms with Gasteiger partial charge in [0.05, 0.1) is 21.6 Å². The molecule has 0 saturated carbocycles. The van der Waals surface area contributed by atoms with Crippen molar-refractivity contribution in [1.82, 2.24) is 24.2 Å². The summed E-state index contributed by atoms with van der Waals surface area (Å²) in [6, 6.07) is 10.0. The predicted octanol–water partition coefficient (Wildman–Crippen LogP) is 0.118. The van der Waals surface area contributed by atoms with E-state index in [1.54, 1.807) is 6.20 Å². The first-order valence-electron chi connectivity index (χ1n) is 8.82. The molecule has 10 heteroatoms. The van der Waals surface area contributed by atoms with Gasteiger partial charge in [0.25, 0.3) is 0 Å². The summed E-state index contributed by atoms with van der Waals surface area (Å²) >= 11 is 0. The zero-order chi connectivity index (χ0) is 19.7. The summed E-state index contributed by atoms with van der Waals surface area (Å²) in [6.07, 6.45) is 1.74. The van der Waals surface area contributed by atoms with E-state index < -0.39 is 21.1 Å². The van der Waals surface area contributed by atoms with Crippen LogP contribution in [0.25, 0.3) is 11.0 Å². The van der Waals surface area contributed by atoms with Crippen LogP contribution in [0.5, 0.6) is 0 Å². The molecule has 1 aliphatic rings. The van der Waals surface area contributed by atoms with Crippen LogP contribution in [0.4, 0.5) is 0 Å². The molecule has 1 aromatic carbocycles. The number of hydrogen-bond donors (Lipinski definition) is 2. The smallest absolute Gasteiger partial charge is 0.314 e. The van der Waals surface area contributed by atoms with E-state index in [1.165, 1.54) is 22.5 Å². The van der Waals surface area contributed by atoms with E-state index in [1.807, 2.05) is 18.2 Å². The molecule has 9 nitrogen and oxygen atoms in total. The molecule has 0 unspecified atom stereocenters. The van der Waals surface area contributed by atoms with Gasteiger partial charge in [-0.15, -0.1) is 0 Å². The number of pyridine rings is 1. The number of aromatic nitrogens is 3. The molecule has 3 aromatic rings. The van der Waals surface area contributed by atoms with E-state index in [0.29, 0.717) is 38.2 Å². The Bertz CT molecular complexity index is 1210. The summed E-state index contributed by atoms with van der Waals surface area (Å²) in [5, 5.41) is 0. The van der Waals surface area contributed by atoms with E-state index in [-0.39, 0.29) is 10.4 Å². The van der Waals surface area contributed by atoms with Gasteiger partial charge in [0.2, 0.25) is 10.0 Å². The molecule has 4 rings (SSSR count). The number of nitrogens with zero attached hydrogens (tertiary/aromatic N) is 3. The van der Waals surface area contributed by atoms with Crippen LogP contribution in [0.2, 0.25) is 0 Å². The maximum Gasteiger partial charge on any atom is 0.314 e. The quantitative estimate of drug-likeness (QED) is 0.599. The van der Waals surface area contributed by atoms with Gasteiger partial charge >= 0.3 is 11.1 Å². The van der Waals surface area contributed by atoms with Gasteiger partial charge < -0.3 is 9.97 Å². The van der Waals surface area contributed by atoms with Gasteiger partial charge in [0, 0.05) is 38.9 Å². The van der Waals surface area contributed by atoms with Gasteiger partial charge in [-0.2, -0.15) is 4.31 Å². The highest BCUT2D eigenvalue weighted by Crippen LogP contribution is 2.20. The fourth-order valence-corrected chi connectivity index (χ4v) is 4.70. The number of benzene rings is 1. The number of rotatable bonds is 4. The third-order valence-electron chi connectivity index (χ3n) is 4.77. The summed E-state index contributed by atoms with van der Waals surface area (Å²) in [7, 11) is -3.70. The SMILES string of the molecule is O=c1[nH]c2ccc(S(=O)(=O)N3CCN(Cc4ccccn4)CC3)cc2[nH]c1=O. The van der Waals surface area contributed by atoms with Gasteiger partial charge in [0.15, 0.2) is 0 Å². The minimum Gasteiger partial charge on any atom is -0.316 e. The van der Waals surface area contributed by atoms with Crippen molar-refractivity contribution in [2.75, 3.05) is 26.2 Å². The van der Waals surface area contributed by atoms with Crippen molar-refractivity contribution in [2.45, 2.75) is 11.4 Å². The maximum absolute atomic E-state index is 13.0. The van der Waals surface area contributed by atoms with Crippen LogP contribution in [0.15, 0.2) is 57.1 Å². The third kappa shape index (κ3) is 3.61. The van der Waals surface area contributed by atoms with E-state index in [2.05, 4.69) is 19.9 Å². The Morgan fingerprint density at radius 3 is 2.32 bits per heavy atom. The zero-order valence-electron chi connectivity index (χ0n) is 15.0. The van der Waals surface area contributed by atoms with Gasteiger partial charge in [-0.1, -0.05) is 6.07 Å². The molecule has 28 heavy (non-hydrogen) atoms. The van der Waals surface area contributed by atoms with Gasteiger partial charge in [-0.25, -0.2) is 8.42 Å². The van der Waals surface area contributed by atoms with Crippen LogP contribution in [-0.4, -0.2) is 58.8 Å². The van der Waals surface area contributed by atoms with Crippen LogP contribution in [0.3, 0.4) is 0 Å². The first-order chi connectivity index (χ1) is 13.4.